The summed E-state index contributed by atoms with van der Waals surface area (Å²) in [7, 11) is -1.72. The molecule has 0 aromatic heterocycles. The molecule has 7 nitrogen and oxygen atoms in total. The lowest BCUT2D eigenvalue weighted by Gasteiger charge is -2.38. The summed E-state index contributed by atoms with van der Waals surface area (Å²) in [6.45, 7) is 0. The molecule has 164 valence electrons. The number of sulfonamides is 1. The summed E-state index contributed by atoms with van der Waals surface area (Å²) >= 11 is 0. The van der Waals surface area contributed by atoms with E-state index in [1.54, 1.807) is 13.2 Å². The molecule has 2 atom stereocenters. The lowest BCUT2D eigenvalue weighted by molar-refractivity contribution is -0.0190. The molecule has 2 heterocycles. The number of methoxy groups -OCH3 is 1. The second-order valence-corrected chi connectivity index (χ2v) is 9.63. The van der Waals surface area contributed by atoms with Crippen molar-refractivity contribution in [3.63, 3.8) is 0 Å². The van der Waals surface area contributed by atoms with Gasteiger partial charge in [-0.2, -0.15) is 5.10 Å². The van der Waals surface area contributed by atoms with Crippen molar-refractivity contribution in [1.82, 2.24) is 5.01 Å². The first-order valence-electron chi connectivity index (χ1n) is 10.2. The highest BCUT2D eigenvalue weighted by Gasteiger charge is 2.40. The number of fused-ring (bicyclic) bond motifs is 3. The van der Waals surface area contributed by atoms with Gasteiger partial charge in [0.25, 0.3) is 0 Å². The smallest absolute Gasteiger partial charge is 0.229 e. The van der Waals surface area contributed by atoms with E-state index < -0.39 is 10.0 Å². The van der Waals surface area contributed by atoms with Gasteiger partial charge in [0, 0.05) is 23.2 Å². The van der Waals surface area contributed by atoms with Crippen molar-refractivity contribution >= 4 is 21.4 Å². The standard InChI is InChI=1S/C24H23N3O4S/c1-30-19-12-10-16(11-13-19)24-27-22(20-8-3-4-9-23(20)31-24)15-21(25-27)17-6-5-7-18(14-17)26-32(2,28)29/h3-14,22,24,26H,15H2,1-2H3/t22-,24+/m1/s1. The predicted molar refractivity (Wildman–Crippen MR) is 123 cm³/mol. The average Bonchev–Trinajstić information content (AvgIpc) is 3.24. The summed E-state index contributed by atoms with van der Waals surface area (Å²) in [4.78, 5) is 0. The number of para-hydroxylation sites is 1. The molecule has 0 bridgehead atoms. The Morgan fingerprint density at radius 3 is 2.59 bits per heavy atom. The molecule has 32 heavy (non-hydrogen) atoms. The monoisotopic (exact) mass is 449 g/mol. The molecule has 0 unspecified atom stereocenters. The van der Waals surface area contributed by atoms with Crippen LogP contribution in [0.5, 0.6) is 11.5 Å². The van der Waals surface area contributed by atoms with E-state index >= 15 is 0 Å². The van der Waals surface area contributed by atoms with E-state index in [0.29, 0.717) is 12.1 Å². The van der Waals surface area contributed by atoms with Gasteiger partial charge in [0.15, 0.2) is 0 Å². The molecular weight excluding hydrogens is 426 g/mol. The third-order valence-corrected chi connectivity index (χ3v) is 6.21. The third-order valence-electron chi connectivity index (χ3n) is 5.60. The van der Waals surface area contributed by atoms with Crippen LogP contribution in [-0.2, 0) is 10.0 Å². The number of nitrogens with zero attached hydrogens (tertiary/aromatic N) is 2. The molecule has 1 N–H and O–H groups in total. The molecule has 5 rings (SSSR count). The molecule has 0 amide bonds. The summed E-state index contributed by atoms with van der Waals surface area (Å²) in [5.41, 5.74) is 4.33. The average molecular weight is 450 g/mol. The molecule has 0 saturated carbocycles. The van der Waals surface area contributed by atoms with Crippen molar-refractivity contribution in [3.05, 3.63) is 89.5 Å². The molecule has 2 aliphatic rings. The fourth-order valence-corrected chi connectivity index (χ4v) is 4.73. The molecule has 8 heteroatoms. The van der Waals surface area contributed by atoms with Crippen LogP contribution in [0.2, 0.25) is 0 Å². The fraction of sp³-hybridized carbons (Fsp3) is 0.208. The zero-order valence-electron chi connectivity index (χ0n) is 17.7. The first-order valence-corrected chi connectivity index (χ1v) is 12.1. The molecule has 0 spiro atoms. The number of rotatable bonds is 5. The van der Waals surface area contributed by atoms with Gasteiger partial charge in [0.05, 0.1) is 25.1 Å². The van der Waals surface area contributed by atoms with Gasteiger partial charge in [-0.25, -0.2) is 13.4 Å². The van der Waals surface area contributed by atoms with E-state index in [2.05, 4.69) is 10.8 Å². The summed E-state index contributed by atoms with van der Waals surface area (Å²) < 4.78 is 37.5. The quantitative estimate of drug-likeness (QED) is 0.628. The van der Waals surface area contributed by atoms with Gasteiger partial charge in [-0.15, -0.1) is 0 Å². The van der Waals surface area contributed by atoms with Crippen LogP contribution in [0.3, 0.4) is 0 Å². The second-order valence-electron chi connectivity index (χ2n) is 7.88. The number of hydrogen-bond donors (Lipinski definition) is 1. The first kappa shape index (κ1) is 20.4. The van der Waals surface area contributed by atoms with E-state index in [-0.39, 0.29) is 12.3 Å². The Kier molecular flexibility index (Phi) is 5.01. The lowest BCUT2D eigenvalue weighted by Crippen LogP contribution is -2.33. The highest BCUT2D eigenvalue weighted by molar-refractivity contribution is 7.92. The Labute approximate surface area is 187 Å². The van der Waals surface area contributed by atoms with E-state index in [4.69, 9.17) is 14.6 Å². The number of hydrogen-bond acceptors (Lipinski definition) is 6. The van der Waals surface area contributed by atoms with Crippen LogP contribution in [0.15, 0.2) is 77.9 Å². The maximum Gasteiger partial charge on any atom is 0.229 e. The molecular formula is C24H23N3O4S. The first-order chi connectivity index (χ1) is 15.4. The highest BCUT2D eigenvalue weighted by atomic mass is 32.2. The van der Waals surface area contributed by atoms with E-state index in [1.165, 1.54) is 0 Å². The van der Waals surface area contributed by atoms with Gasteiger partial charge in [-0.1, -0.05) is 30.3 Å². The van der Waals surface area contributed by atoms with Gasteiger partial charge < -0.3 is 9.47 Å². The SMILES string of the molecule is COc1ccc([C@@H]2Oc3ccccc3[C@H]3CC(c4cccc(NS(C)(=O)=O)c4)=NN32)cc1. The third kappa shape index (κ3) is 3.89. The Morgan fingerprint density at radius 2 is 1.84 bits per heavy atom. The highest BCUT2D eigenvalue weighted by Crippen LogP contribution is 2.47. The van der Waals surface area contributed by atoms with Crippen LogP contribution < -0.4 is 14.2 Å². The van der Waals surface area contributed by atoms with Gasteiger partial charge in [-0.05, 0) is 48.0 Å². The van der Waals surface area contributed by atoms with Gasteiger partial charge >= 0.3 is 0 Å². The fourth-order valence-electron chi connectivity index (χ4n) is 4.17. The van der Waals surface area contributed by atoms with E-state index in [9.17, 15) is 8.42 Å². The summed E-state index contributed by atoms with van der Waals surface area (Å²) in [5, 5.41) is 6.93. The van der Waals surface area contributed by atoms with Crippen molar-refractivity contribution in [3.8, 4) is 11.5 Å². The number of nitrogens with one attached hydrogen (secondary N) is 1. The van der Waals surface area contributed by atoms with Gasteiger partial charge in [0.2, 0.25) is 16.3 Å². The molecule has 0 radical (unpaired) electrons. The molecule has 2 aliphatic heterocycles. The van der Waals surface area contributed by atoms with Crippen molar-refractivity contribution in [2.75, 3.05) is 18.1 Å². The zero-order valence-corrected chi connectivity index (χ0v) is 18.5. The normalized spacial score (nSPS) is 19.4. The summed E-state index contributed by atoms with van der Waals surface area (Å²) in [6.07, 6.45) is 1.45. The van der Waals surface area contributed by atoms with Gasteiger partial charge in [-0.3, -0.25) is 4.72 Å². The van der Waals surface area contributed by atoms with Crippen LogP contribution in [0, 0.1) is 0 Å². The topological polar surface area (TPSA) is 80.2 Å². The maximum absolute atomic E-state index is 11.6. The summed E-state index contributed by atoms with van der Waals surface area (Å²) in [5.74, 6) is 1.63. The number of benzene rings is 3. The molecule has 0 aliphatic carbocycles. The minimum absolute atomic E-state index is 0.0218. The Balaban J connectivity index is 1.53. The molecule has 3 aromatic carbocycles. The van der Waals surface area contributed by atoms with Gasteiger partial charge in [0.1, 0.15) is 11.5 Å². The zero-order chi connectivity index (χ0) is 22.3. The Morgan fingerprint density at radius 1 is 1.06 bits per heavy atom. The van der Waals surface area contributed by atoms with Crippen molar-refractivity contribution in [1.29, 1.82) is 0 Å². The number of ether oxygens (including phenoxy) is 2. The second kappa shape index (κ2) is 7.87. The van der Waals surface area contributed by atoms with Crippen LogP contribution in [0.4, 0.5) is 5.69 Å². The van der Waals surface area contributed by atoms with Crippen LogP contribution in [0.25, 0.3) is 0 Å². The number of anilines is 1. The molecule has 0 fully saturated rings. The van der Waals surface area contributed by atoms with Crippen LogP contribution in [0.1, 0.15) is 35.4 Å². The largest absolute Gasteiger partial charge is 0.497 e. The Hall–Kier alpha value is -3.52. The molecule has 0 saturated heterocycles. The minimum atomic E-state index is -3.36. The maximum atomic E-state index is 11.6. The lowest BCUT2D eigenvalue weighted by atomic mass is 9.96. The van der Waals surface area contributed by atoms with E-state index in [0.717, 1.165) is 40.2 Å². The van der Waals surface area contributed by atoms with E-state index in [1.807, 2.05) is 65.7 Å². The van der Waals surface area contributed by atoms with Crippen molar-refractivity contribution in [2.45, 2.75) is 18.7 Å². The van der Waals surface area contributed by atoms with Crippen molar-refractivity contribution in [2.24, 2.45) is 5.10 Å². The predicted octanol–water partition coefficient (Wildman–Crippen LogP) is 4.31. The van der Waals surface area contributed by atoms with Crippen molar-refractivity contribution < 1.29 is 17.9 Å². The number of hydrazone groups is 1. The molecule has 3 aromatic rings. The van der Waals surface area contributed by atoms with Crippen LogP contribution in [-0.4, -0.2) is 32.5 Å². The van der Waals surface area contributed by atoms with Crippen LogP contribution >= 0.6 is 0 Å². The Bertz CT molecular complexity index is 1290. The summed E-state index contributed by atoms with van der Waals surface area (Å²) in [6, 6.07) is 23.2. The minimum Gasteiger partial charge on any atom is -0.497 e.